The molecule has 218 valence electrons. The summed E-state index contributed by atoms with van der Waals surface area (Å²) in [4.78, 5) is 20.1. The lowest BCUT2D eigenvalue weighted by molar-refractivity contribution is 0.211. The second-order valence-electron chi connectivity index (χ2n) is 11.1. The molecule has 0 bridgehead atoms. The summed E-state index contributed by atoms with van der Waals surface area (Å²) in [5.74, 6) is 1.67. The van der Waals surface area contributed by atoms with Gasteiger partial charge in [0.2, 0.25) is 0 Å². The van der Waals surface area contributed by atoms with E-state index < -0.39 is 0 Å². The number of nitriles is 1. The predicted molar refractivity (Wildman–Crippen MR) is 168 cm³/mol. The van der Waals surface area contributed by atoms with Gasteiger partial charge in [0.25, 0.3) is 0 Å². The highest BCUT2D eigenvalue weighted by Crippen LogP contribution is 2.33. The topological polar surface area (TPSA) is 96.3 Å². The number of pyridine rings is 1. The number of fused-ring (bicyclic) bond motifs is 1. The van der Waals surface area contributed by atoms with Gasteiger partial charge < -0.3 is 19.9 Å². The molecule has 2 N–H and O–H groups in total. The van der Waals surface area contributed by atoms with Crippen molar-refractivity contribution in [2.24, 2.45) is 0 Å². The van der Waals surface area contributed by atoms with E-state index in [1.54, 1.807) is 13.3 Å². The third-order valence-corrected chi connectivity index (χ3v) is 8.67. The van der Waals surface area contributed by atoms with Crippen molar-refractivity contribution in [2.45, 2.75) is 31.8 Å². The Balaban J connectivity index is 1.09. The number of halogens is 1. The molecule has 2 fully saturated rings. The van der Waals surface area contributed by atoms with Crippen LogP contribution in [-0.4, -0.2) is 83.7 Å². The van der Waals surface area contributed by atoms with Crippen LogP contribution in [-0.2, 0) is 6.54 Å². The van der Waals surface area contributed by atoms with Crippen LogP contribution < -0.4 is 15.0 Å². The molecule has 2 aliphatic heterocycles. The van der Waals surface area contributed by atoms with E-state index in [2.05, 4.69) is 72.5 Å². The fourth-order valence-corrected chi connectivity index (χ4v) is 6.09. The summed E-state index contributed by atoms with van der Waals surface area (Å²) in [6.07, 6.45) is 4.35. The molecule has 0 radical (unpaired) electrons. The van der Waals surface area contributed by atoms with E-state index in [9.17, 15) is 0 Å². The summed E-state index contributed by atoms with van der Waals surface area (Å²) in [6.45, 7) is 7.73. The van der Waals surface area contributed by atoms with Crippen LogP contribution in [0.2, 0.25) is 5.02 Å². The zero-order valence-electron chi connectivity index (χ0n) is 24.0. The molecule has 4 heterocycles. The van der Waals surface area contributed by atoms with E-state index in [4.69, 9.17) is 26.6 Å². The first kappa shape index (κ1) is 28.3. The Morgan fingerprint density at radius 2 is 1.74 bits per heavy atom. The Hall–Kier alpha value is -3.84. The number of ether oxygens (including phenoxy) is 1. The van der Waals surface area contributed by atoms with Gasteiger partial charge in [0, 0.05) is 76.1 Å². The second kappa shape index (κ2) is 13.0. The quantitative estimate of drug-likeness (QED) is 0.270. The number of imidazole rings is 1. The zero-order valence-corrected chi connectivity index (χ0v) is 24.8. The van der Waals surface area contributed by atoms with Gasteiger partial charge in [-0.1, -0.05) is 23.7 Å². The summed E-state index contributed by atoms with van der Waals surface area (Å²) in [7, 11) is 1.70. The number of rotatable bonds is 9. The summed E-state index contributed by atoms with van der Waals surface area (Å²) >= 11 is 6.66. The number of nitrogens with zero attached hydrogens (tertiary/aromatic N) is 6. The lowest BCUT2D eigenvalue weighted by Crippen LogP contribution is -2.46. The molecule has 4 aromatic rings. The summed E-state index contributed by atoms with van der Waals surface area (Å²) in [5.41, 5.74) is 5.87. The van der Waals surface area contributed by atoms with Crippen LogP contribution in [0.25, 0.3) is 22.6 Å². The third-order valence-electron chi connectivity index (χ3n) is 8.39. The monoisotopic (exact) mass is 584 g/mol. The van der Waals surface area contributed by atoms with Gasteiger partial charge in [-0.05, 0) is 54.8 Å². The van der Waals surface area contributed by atoms with Crippen molar-refractivity contribution in [2.75, 3.05) is 63.1 Å². The van der Waals surface area contributed by atoms with Gasteiger partial charge in [0.05, 0.1) is 30.1 Å². The molecular weight excluding hydrogens is 548 g/mol. The Bertz CT molecular complexity index is 1520. The van der Waals surface area contributed by atoms with E-state index >= 15 is 0 Å². The van der Waals surface area contributed by atoms with Gasteiger partial charge >= 0.3 is 0 Å². The minimum Gasteiger partial charge on any atom is -0.497 e. The number of hydrogen-bond acceptors (Lipinski definition) is 8. The van der Waals surface area contributed by atoms with Crippen LogP contribution in [0.4, 0.5) is 11.4 Å². The molecule has 10 heteroatoms. The standard InChI is InChI=1S/C32H37ClN8O/c1-42-27-9-3-23(4-10-27)22-40-15-11-25(12-16-40)36-29-28(33)21-35-32-30(29)37-31(38-32)24-5-7-26(8-6-24)41-19-17-39(18-20-41)14-2-13-34/h3-10,21,25H,2,11-12,14-20,22H2,1H3,(H2,35,36,37,38). The smallest absolute Gasteiger partial charge is 0.159 e. The summed E-state index contributed by atoms with van der Waals surface area (Å²) in [5, 5.41) is 13.1. The molecule has 0 saturated carbocycles. The number of likely N-dealkylation sites (tertiary alicyclic amines) is 1. The maximum absolute atomic E-state index is 8.84. The van der Waals surface area contributed by atoms with Crippen LogP contribution in [0, 0.1) is 11.3 Å². The fraction of sp³-hybridized carbons (Fsp3) is 0.406. The molecule has 0 aliphatic carbocycles. The van der Waals surface area contributed by atoms with Crippen molar-refractivity contribution in [1.82, 2.24) is 24.8 Å². The maximum Gasteiger partial charge on any atom is 0.159 e. The first-order valence-corrected chi connectivity index (χ1v) is 15.1. The molecule has 2 aliphatic rings. The van der Waals surface area contributed by atoms with Crippen molar-refractivity contribution >= 4 is 34.1 Å². The van der Waals surface area contributed by atoms with Crippen LogP contribution in [0.5, 0.6) is 5.75 Å². The molecule has 0 atom stereocenters. The van der Waals surface area contributed by atoms with Crippen molar-refractivity contribution in [1.29, 1.82) is 5.26 Å². The van der Waals surface area contributed by atoms with Gasteiger partial charge in [-0.3, -0.25) is 9.80 Å². The minimum absolute atomic E-state index is 0.319. The lowest BCUT2D eigenvalue weighted by Gasteiger charge is -2.35. The molecule has 0 spiro atoms. The highest BCUT2D eigenvalue weighted by molar-refractivity contribution is 6.34. The number of methoxy groups -OCH3 is 1. The molecule has 0 amide bonds. The second-order valence-corrected chi connectivity index (χ2v) is 11.5. The Morgan fingerprint density at radius 3 is 2.43 bits per heavy atom. The average molecular weight is 585 g/mol. The van der Waals surface area contributed by atoms with Gasteiger partial charge in [0.15, 0.2) is 5.65 Å². The van der Waals surface area contributed by atoms with Gasteiger partial charge in [0.1, 0.15) is 17.1 Å². The first-order valence-electron chi connectivity index (χ1n) is 14.7. The summed E-state index contributed by atoms with van der Waals surface area (Å²) < 4.78 is 5.28. The molecule has 2 saturated heterocycles. The first-order chi connectivity index (χ1) is 20.6. The predicted octanol–water partition coefficient (Wildman–Crippen LogP) is 5.40. The zero-order chi connectivity index (χ0) is 28.9. The SMILES string of the molecule is COc1ccc(CN2CCC(Nc3c(Cl)cnc4[nH]c(-c5ccc(N6CCN(CCC#N)CC6)cc5)nc34)CC2)cc1. The van der Waals surface area contributed by atoms with E-state index in [1.807, 2.05) is 12.1 Å². The van der Waals surface area contributed by atoms with Crippen LogP contribution in [0.3, 0.4) is 0 Å². The van der Waals surface area contributed by atoms with Crippen molar-refractivity contribution in [3.8, 4) is 23.2 Å². The molecule has 2 aromatic carbocycles. The Morgan fingerprint density at radius 1 is 1.00 bits per heavy atom. The van der Waals surface area contributed by atoms with Crippen molar-refractivity contribution < 1.29 is 4.74 Å². The maximum atomic E-state index is 8.84. The number of H-pyrrole nitrogens is 1. The largest absolute Gasteiger partial charge is 0.497 e. The van der Waals surface area contributed by atoms with Crippen LogP contribution >= 0.6 is 11.6 Å². The molecule has 2 aromatic heterocycles. The number of piperidine rings is 1. The van der Waals surface area contributed by atoms with Crippen molar-refractivity contribution in [3.05, 3.63) is 65.3 Å². The number of nitrogens with one attached hydrogen (secondary N) is 2. The normalized spacial score (nSPS) is 16.9. The number of aromatic nitrogens is 3. The number of benzene rings is 2. The van der Waals surface area contributed by atoms with E-state index in [0.29, 0.717) is 17.5 Å². The van der Waals surface area contributed by atoms with Crippen LogP contribution in [0.1, 0.15) is 24.8 Å². The number of piperazine rings is 1. The molecular formula is C32H37ClN8O. The number of anilines is 2. The van der Waals surface area contributed by atoms with E-state index in [0.717, 1.165) is 99.2 Å². The molecule has 0 unspecified atom stereocenters. The average Bonchev–Trinajstić information content (AvgIpc) is 3.48. The molecule has 6 rings (SSSR count). The highest BCUT2D eigenvalue weighted by atomic mass is 35.5. The summed E-state index contributed by atoms with van der Waals surface area (Å²) in [6, 6.07) is 19.4. The molecule has 42 heavy (non-hydrogen) atoms. The van der Waals surface area contributed by atoms with Gasteiger partial charge in [-0.15, -0.1) is 0 Å². The van der Waals surface area contributed by atoms with Crippen molar-refractivity contribution in [3.63, 3.8) is 0 Å². The number of hydrogen-bond donors (Lipinski definition) is 2. The van der Waals surface area contributed by atoms with E-state index in [1.165, 1.54) is 11.3 Å². The fourth-order valence-electron chi connectivity index (χ4n) is 5.90. The lowest BCUT2D eigenvalue weighted by atomic mass is 10.0. The number of aromatic amines is 1. The Kier molecular flexibility index (Phi) is 8.75. The van der Waals surface area contributed by atoms with Gasteiger partial charge in [-0.25, -0.2) is 9.97 Å². The minimum atomic E-state index is 0.319. The highest BCUT2D eigenvalue weighted by Gasteiger charge is 2.23. The molecule has 9 nitrogen and oxygen atoms in total. The van der Waals surface area contributed by atoms with Gasteiger partial charge in [-0.2, -0.15) is 5.26 Å². The Labute approximate surface area is 252 Å². The van der Waals surface area contributed by atoms with E-state index in [-0.39, 0.29) is 0 Å². The van der Waals surface area contributed by atoms with Crippen LogP contribution in [0.15, 0.2) is 54.7 Å². The third kappa shape index (κ3) is 6.46.